The first kappa shape index (κ1) is 26.4. The van der Waals surface area contributed by atoms with Gasteiger partial charge in [0, 0.05) is 18.7 Å². The topological polar surface area (TPSA) is 128 Å². The molecule has 0 unspecified atom stereocenters. The second-order valence-electron chi connectivity index (χ2n) is 8.95. The zero-order chi connectivity index (χ0) is 27.4. The molecule has 1 saturated heterocycles. The minimum absolute atomic E-state index is 0.0152. The van der Waals surface area contributed by atoms with Gasteiger partial charge in [0.1, 0.15) is 36.2 Å². The molecule has 13 heteroatoms. The van der Waals surface area contributed by atoms with Crippen LogP contribution in [0.2, 0.25) is 0 Å². The van der Waals surface area contributed by atoms with Gasteiger partial charge in [-0.1, -0.05) is 6.07 Å². The highest BCUT2D eigenvalue weighted by Crippen LogP contribution is 2.39. The number of rotatable bonds is 9. The van der Waals surface area contributed by atoms with E-state index in [0.717, 1.165) is 6.07 Å². The summed E-state index contributed by atoms with van der Waals surface area (Å²) in [6.45, 7) is 4.39. The molecule has 3 heterocycles. The number of benzene rings is 2. The summed E-state index contributed by atoms with van der Waals surface area (Å²) >= 11 is 0. The molecular formula is C26H29F2N7O4. The highest BCUT2D eigenvalue weighted by atomic mass is 19.2. The van der Waals surface area contributed by atoms with Gasteiger partial charge < -0.3 is 35.5 Å². The molecule has 1 amide bonds. The molecule has 2 aliphatic heterocycles. The summed E-state index contributed by atoms with van der Waals surface area (Å²) in [5, 5.41) is 10.7. The molecule has 11 nitrogen and oxygen atoms in total. The van der Waals surface area contributed by atoms with Crippen LogP contribution in [-0.2, 0) is 16.1 Å². The Labute approximate surface area is 223 Å². The van der Waals surface area contributed by atoms with Crippen molar-refractivity contribution >= 4 is 28.8 Å². The molecule has 0 bridgehead atoms. The molecule has 2 aliphatic rings. The molecular weight excluding hydrogens is 512 g/mol. The number of aromatic nitrogens is 2. The van der Waals surface area contributed by atoms with Crippen LogP contribution in [0.5, 0.6) is 11.5 Å². The fourth-order valence-electron chi connectivity index (χ4n) is 4.41. The number of nitrogens with one attached hydrogen (secondary N) is 2. The number of nitrogens with two attached hydrogens (primary N) is 1. The predicted molar refractivity (Wildman–Crippen MR) is 141 cm³/mol. The zero-order valence-corrected chi connectivity index (χ0v) is 21.3. The molecule has 206 valence electrons. The van der Waals surface area contributed by atoms with Crippen molar-refractivity contribution in [1.29, 1.82) is 0 Å². The quantitative estimate of drug-likeness (QED) is 0.377. The number of nitrogens with zero attached hydrogens (tertiary/aromatic N) is 4. The van der Waals surface area contributed by atoms with Crippen molar-refractivity contribution in [3.63, 3.8) is 0 Å². The van der Waals surface area contributed by atoms with E-state index in [1.807, 2.05) is 6.92 Å². The van der Waals surface area contributed by atoms with Gasteiger partial charge in [-0.05, 0) is 19.1 Å². The summed E-state index contributed by atoms with van der Waals surface area (Å²) in [4.78, 5) is 17.6. The van der Waals surface area contributed by atoms with Gasteiger partial charge in [0.15, 0.2) is 11.6 Å². The number of carbonyl (C=O) groups is 1. The molecule has 0 saturated carbocycles. The Balaban J connectivity index is 1.62. The average Bonchev–Trinajstić information content (AvgIpc) is 3.36. The summed E-state index contributed by atoms with van der Waals surface area (Å²) < 4.78 is 48.2. The number of halogens is 2. The Morgan fingerprint density at radius 1 is 1.31 bits per heavy atom. The van der Waals surface area contributed by atoms with Crippen molar-refractivity contribution < 1.29 is 27.8 Å². The van der Waals surface area contributed by atoms with Crippen molar-refractivity contribution in [1.82, 2.24) is 15.1 Å². The maximum absolute atomic E-state index is 15.0. The molecule has 0 spiro atoms. The van der Waals surface area contributed by atoms with Gasteiger partial charge in [-0.15, -0.1) is 0 Å². The van der Waals surface area contributed by atoms with Crippen LogP contribution in [0.25, 0.3) is 0 Å². The lowest BCUT2D eigenvalue weighted by Gasteiger charge is -2.34. The average molecular weight is 542 g/mol. The van der Waals surface area contributed by atoms with Crippen LogP contribution in [0.4, 0.5) is 25.8 Å². The fraction of sp³-hybridized carbons (Fsp3) is 0.346. The normalized spacial score (nSPS) is 18.0. The second kappa shape index (κ2) is 11.7. The van der Waals surface area contributed by atoms with Gasteiger partial charge in [-0.3, -0.25) is 9.48 Å². The molecule has 1 fully saturated rings. The second-order valence-corrected chi connectivity index (χ2v) is 8.95. The number of ether oxygens (including phenoxy) is 3. The molecule has 5 rings (SSSR count). The van der Waals surface area contributed by atoms with Crippen LogP contribution >= 0.6 is 0 Å². The maximum atomic E-state index is 15.0. The van der Waals surface area contributed by atoms with E-state index in [4.69, 9.17) is 24.9 Å². The summed E-state index contributed by atoms with van der Waals surface area (Å²) in [7, 11) is 0. The third-order valence-electron chi connectivity index (χ3n) is 6.13. The largest absolute Gasteiger partial charge is 0.494 e. The number of fused-ring (bicyclic) bond motifs is 1. The summed E-state index contributed by atoms with van der Waals surface area (Å²) in [6.07, 6.45) is 2.99. The molecule has 2 aromatic carbocycles. The monoisotopic (exact) mass is 541 g/mol. The number of amidine groups is 1. The first-order valence-electron chi connectivity index (χ1n) is 12.5. The maximum Gasteiger partial charge on any atom is 0.239 e. The summed E-state index contributed by atoms with van der Waals surface area (Å²) in [5.41, 5.74) is 6.81. The van der Waals surface area contributed by atoms with E-state index >= 15 is 4.39 Å². The Morgan fingerprint density at radius 3 is 2.95 bits per heavy atom. The van der Waals surface area contributed by atoms with Gasteiger partial charge >= 0.3 is 0 Å². The number of hydrogen-bond acceptors (Lipinski definition) is 8. The first-order valence-corrected chi connectivity index (χ1v) is 12.5. The van der Waals surface area contributed by atoms with E-state index in [9.17, 15) is 9.18 Å². The number of anilines is 2. The Morgan fingerprint density at radius 2 is 2.18 bits per heavy atom. The third-order valence-corrected chi connectivity index (χ3v) is 6.13. The van der Waals surface area contributed by atoms with Crippen LogP contribution < -0.4 is 30.7 Å². The molecule has 3 aromatic rings. The van der Waals surface area contributed by atoms with Crippen LogP contribution in [0, 0.1) is 11.6 Å². The summed E-state index contributed by atoms with van der Waals surface area (Å²) in [6, 6.07) is 7.46. The smallest absolute Gasteiger partial charge is 0.239 e. The molecule has 39 heavy (non-hydrogen) atoms. The lowest BCUT2D eigenvalue weighted by Crippen LogP contribution is -2.45. The van der Waals surface area contributed by atoms with E-state index in [1.54, 1.807) is 12.1 Å². The predicted octanol–water partition coefficient (Wildman–Crippen LogP) is 2.38. The van der Waals surface area contributed by atoms with Gasteiger partial charge in [-0.25, -0.2) is 13.8 Å². The van der Waals surface area contributed by atoms with Crippen LogP contribution in [0.1, 0.15) is 12.5 Å². The van der Waals surface area contributed by atoms with Crippen LogP contribution in [0.3, 0.4) is 0 Å². The van der Waals surface area contributed by atoms with Gasteiger partial charge in [0.2, 0.25) is 5.91 Å². The number of morpholine rings is 1. The van der Waals surface area contributed by atoms with E-state index in [1.165, 1.54) is 34.1 Å². The molecule has 4 N–H and O–H groups in total. The number of amides is 1. The highest BCUT2D eigenvalue weighted by Gasteiger charge is 2.31. The molecule has 1 aromatic heterocycles. The van der Waals surface area contributed by atoms with E-state index in [-0.39, 0.29) is 30.8 Å². The first-order chi connectivity index (χ1) is 18.9. The lowest BCUT2D eigenvalue weighted by molar-refractivity contribution is -0.118. The van der Waals surface area contributed by atoms with E-state index in [0.29, 0.717) is 61.4 Å². The summed E-state index contributed by atoms with van der Waals surface area (Å²) in [5.74, 6) is -1.27. The number of aliphatic imine (C=N–C) groups is 1. The van der Waals surface area contributed by atoms with Gasteiger partial charge in [0.05, 0.1) is 61.9 Å². The van der Waals surface area contributed by atoms with Crippen molar-refractivity contribution in [2.75, 3.05) is 49.9 Å². The number of primary amides is 1. The minimum Gasteiger partial charge on any atom is -0.494 e. The standard InChI is InChI=1S/C26H29F2N7O4/c1-2-38-18-8-20-24(22(9-18)39-14-17-13-37-7-6-30-17)26(33-16-10-32-34(11-16)12-23(29)36)35(15-31-20)21-5-3-4-19(27)25(21)28/h3-5,8-11,17,30-31H,2,6-7,12-15H2,1H3,(H2,29,36)/t17-/m1/s1. The van der Waals surface area contributed by atoms with Crippen LogP contribution in [-0.4, -0.2) is 67.2 Å². The Kier molecular flexibility index (Phi) is 7.89. The van der Waals surface area contributed by atoms with Gasteiger partial charge in [0.25, 0.3) is 0 Å². The minimum atomic E-state index is -1.02. The van der Waals surface area contributed by atoms with Crippen LogP contribution in [0.15, 0.2) is 47.7 Å². The fourth-order valence-corrected chi connectivity index (χ4v) is 4.41. The van der Waals surface area contributed by atoms with Crippen molar-refractivity contribution in [2.45, 2.75) is 19.5 Å². The third kappa shape index (κ3) is 5.94. The zero-order valence-electron chi connectivity index (χ0n) is 21.3. The van der Waals surface area contributed by atoms with Crippen molar-refractivity contribution in [3.05, 3.63) is 59.9 Å². The van der Waals surface area contributed by atoms with Crippen molar-refractivity contribution in [3.8, 4) is 11.5 Å². The molecule has 0 radical (unpaired) electrons. The number of hydrogen-bond donors (Lipinski definition) is 3. The van der Waals surface area contributed by atoms with Gasteiger partial charge in [-0.2, -0.15) is 5.10 Å². The SMILES string of the molecule is CCOc1cc2c(c(OC[C@H]3COCCN3)c1)C(=Nc1cnn(CC(N)=O)c1)N(c1cccc(F)c1F)CN2. The Bertz CT molecular complexity index is 1370. The van der Waals surface area contributed by atoms with E-state index < -0.39 is 17.5 Å². The van der Waals surface area contributed by atoms with Crippen molar-refractivity contribution in [2.24, 2.45) is 10.7 Å². The Hall–Kier alpha value is -4.23. The molecule has 0 aliphatic carbocycles. The highest BCUT2D eigenvalue weighted by molar-refractivity contribution is 6.17. The van der Waals surface area contributed by atoms with E-state index in [2.05, 4.69) is 15.7 Å². The molecule has 1 atom stereocenters. The lowest BCUT2D eigenvalue weighted by atomic mass is 10.1. The number of carbonyl (C=O) groups excluding carboxylic acids is 1.